The summed E-state index contributed by atoms with van der Waals surface area (Å²) in [4.78, 5) is 46.4. The first-order valence-corrected chi connectivity index (χ1v) is 25.0. The van der Waals surface area contributed by atoms with Gasteiger partial charge in [0.1, 0.15) is 5.75 Å². The minimum absolute atomic E-state index is 0.0952. The number of aromatic carboxylic acids is 2. The molecule has 0 spiro atoms. The number of rotatable bonds is 5. The Hall–Kier alpha value is -6.27. The van der Waals surface area contributed by atoms with Gasteiger partial charge >= 0.3 is 11.9 Å². The van der Waals surface area contributed by atoms with Gasteiger partial charge in [-0.05, 0) is 140 Å². The van der Waals surface area contributed by atoms with Crippen molar-refractivity contribution in [1.82, 2.24) is 0 Å². The molecule has 6 N–H and O–H groups in total. The van der Waals surface area contributed by atoms with Crippen molar-refractivity contribution in [1.29, 1.82) is 0 Å². The third-order valence-electron chi connectivity index (χ3n) is 8.15. The number of phenolic OH excluding ortho intramolecular Hbond substituents is 1. The van der Waals surface area contributed by atoms with Crippen LogP contribution < -0.4 is 5.73 Å². The highest BCUT2D eigenvalue weighted by atomic mass is 32.2. The molecule has 13 nitrogen and oxygen atoms in total. The molecule has 8 rings (SSSR count). The highest BCUT2D eigenvalue weighted by Gasteiger charge is 2.07. The molecule has 21 heteroatoms. The van der Waals surface area contributed by atoms with E-state index < -0.39 is 27.0 Å². The van der Waals surface area contributed by atoms with E-state index in [1.54, 1.807) is 67.6 Å². The van der Waals surface area contributed by atoms with E-state index in [0.29, 0.717) is 4.90 Å². The van der Waals surface area contributed by atoms with Crippen molar-refractivity contribution in [3.05, 3.63) is 233 Å². The maximum Gasteiger partial charge on any atom is 0.335 e. The molecule has 0 aliphatic heterocycles. The van der Waals surface area contributed by atoms with E-state index >= 15 is 0 Å². The Labute approximate surface area is 462 Å². The van der Waals surface area contributed by atoms with Gasteiger partial charge in [-0.15, -0.1) is 88.4 Å². The number of anilines is 1. The van der Waals surface area contributed by atoms with Gasteiger partial charge < -0.3 is 21.1 Å². The normalized spacial score (nSPS) is 9.49. The lowest BCUT2D eigenvalue weighted by Crippen LogP contribution is -1.96. The number of benzene rings is 8. The van der Waals surface area contributed by atoms with Crippen LogP contribution in [0.3, 0.4) is 0 Å². The second kappa shape index (κ2) is 35.8. The molecule has 0 heterocycles. The lowest BCUT2D eigenvalue weighted by molar-refractivity contribution is -0.384. The Morgan fingerprint density at radius 1 is 0.466 bits per heavy atom. The molecule has 0 aromatic heterocycles. The highest BCUT2D eigenvalue weighted by Crippen LogP contribution is 2.16. The summed E-state index contributed by atoms with van der Waals surface area (Å²) in [5.74, 6) is -1.42. The number of nitrogens with zero attached hydrogens (tertiary/aromatic N) is 1. The minimum Gasteiger partial charge on any atom is -0.508 e. The zero-order chi connectivity index (χ0) is 54.9. The van der Waals surface area contributed by atoms with Crippen molar-refractivity contribution in [2.75, 3.05) is 5.73 Å². The fourth-order valence-corrected chi connectivity index (χ4v) is 6.00. The van der Waals surface area contributed by atoms with Gasteiger partial charge in [0.05, 0.1) is 20.9 Å². The molecule has 0 radical (unpaired) electrons. The van der Waals surface area contributed by atoms with E-state index in [-0.39, 0.29) is 33.2 Å². The summed E-state index contributed by atoms with van der Waals surface area (Å²) < 4.78 is 29.5. The molecule has 0 atom stereocenters. The van der Waals surface area contributed by atoms with Crippen LogP contribution in [0.1, 0.15) is 38.0 Å². The summed E-state index contributed by atoms with van der Waals surface area (Å²) in [6, 6.07) is 57.4. The topological polar surface area (TPSA) is 235 Å². The number of hydrogen-bond donors (Lipinski definition) is 12. The SMILES string of the molecule is CC(=O)c1ccccc1.Nc1ccccc1S.O=C(O)c1ccc(S)cc1.O=C(O)c1ccc(S)cc1.O=S(=O)(O)c1ccc(S)cc1.O=[N+]([O-])c1ccc(S)cc1.Oc1ccc(S)cc1.Sc1ccccc1. The van der Waals surface area contributed by atoms with Crippen LogP contribution in [-0.4, -0.2) is 50.9 Å². The summed E-state index contributed by atoms with van der Waals surface area (Å²) in [5, 5.41) is 35.7. The zero-order valence-corrected chi connectivity index (χ0v) is 45.4. The fourth-order valence-electron chi connectivity index (χ4n) is 4.44. The van der Waals surface area contributed by atoms with E-state index in [4.69, 9.17) is 25.6 Å². The molecular weight excluding hydrogens is 1090 g/mol. The quantitative estimate of drug-likeness (QED) is 0.0193. The van der Waals surface area contributed by atoms with E-state index in [0.717, 1.165) is 40.6 Å². The first-order chi connectivity index (χ1) is 34.4. The number of non-ortho nitro benzene ring substituents is 1. The number of ketones is 1. The molecule has 0 saturated heterocycles. The molecule has 0 fully saturated rings. The van der Waals surface area contributed by atoms with Gasteiger partial charge in [-0.1, -0.05) is 60.7 Å². The number of carboxylic acids is 2. The van der Waals surface area contributed by atoms with E-state index in [2.05, 4.69) is 88.4 Å². The van der Waals surface area contributed by atoms with Gasteiger partial charge in [-0.3, -0.25) is 19.5 Å². The molecule has 0 aliphatic rings. The number of nitro groups is 1. The summed E-state index contributed by atoms with van der Waals surface area (Å²) in [6.45, 7) is 1.56. The van der Waals surface area contributed by atoms with Crippen LogP contribution in [-0.2, 0) is 10.1 Å². The van der Waals surface area contributed by atoms with Crippen LogP contribution in [0.15, 0.2) is 245 Å². The minimum atomic E-state index is -4.05. The average molecular weight is 1140 g/mol. The number of nitrogen functional groups attached to an aromatic ring is 1. The molecule has 73 heavy (non-hydrogen) atoms. The number of Topliss-reactive ketones (excluding diaryl/α,β-unsaturated/α-hetero) is 1. The second-order valence-electron chi connectivity index (χ2n) is 13.8. The number of carbonyl (C=O) groups excluding carboxylic acids is 1. The van der Waals surface area contributed by atoms with Crippen LogP contribution in [0.25, 0.3) is 0 Å². The number of phenols is 1. The Morgan fingerprint density at radius 2 is 0.781 bits per heavy atom. The van der Waals surface area contributed by atoms with Gasteiger partial charge in [-0.2, -0.15) is 8.42 Å². The number of para-hydroxylation sites is 1. The summed E-state index contributed by atoms with van der Waals surface area (Å²) in [5.41, 5.74) is 7.63. The van der Waals surface area contributed by atoms with E-state index in [1.807, 2.05) is 84.9 Å². The van der Waals surface area contributed by atoms with Crippen LogP contribution in [0.5, 0.6) is 5.75 Å². The van der Waals surface area contributed by atoms with Crippen LogP contribution in [0.2, 0.25) is 0 Å². The molecule has 8 aromatic rings. The third-order valence-corrected chi connectivity index (χ3v) is 11.2. The summed E-state index contributed by atoms with van der Waals surface area (Å²) >= 11 is 28.1. The third kappa shape index (κ3) is 31.0. The van der Waals surface area contributed by atoms with Crippen LogP contribution in [0, 0.1) is 10.1 Å². The number of nitrogens with two attached hydrogens (primary N) is 1. The van der Waals surface area contributed by atoms with Crippen molar-refractivity contribution in [3.63, 3.8) is 0 Å². The number of aromatic hydroxyl groups is 1. The molecule has 8 aromatic carbocycles. The highest BCUT2D eigenvalue weighted by molar-refractivity contribution is 7.86. The van der Waals surface area contributed by atoms with Crippen molar-refractivity contribution < 1.29 is 47.6 Å². The van der Waals surface area contributed by atoms with Crippen molar-refractivity contribution >= 4 is 128 Å². The standard InChI is InChI=1S/C8H8O.2C7H6O2S.C6H5NO2S.C6H7NS.C6H6O3S2.C6H6OS.C6H6S/c1-7(9)8-5-3-2-4-6-8;3*8-7(9)5-1-3-6(10)4-2-5;7-5-3-1-2-4-6(5)8;7-11(8,9)6-3-1-5(10)2-4-6;7-5-1-3-6(8)4-2-5;7-6-4-2-1-3-5-6/h2-6H,1H3;2*1-4,10H,(H,8,9);1-4,10H;1-4,8H,7H2;1-4,10H,(H,7,8,9);1-4,7-8H;1-5,7H. The van der Waals surface area contributed by atoms with Gasteiger partial charge in [-0.25, -0.2) is 9.59 Å². The van der Waals surface area contributed by atoms with Crippen LogP contribution in [0.4, 0.5) is 11.4 Å². The monoisotopic (exact) mass is 1130 g/mol. The van der Waals surface area contributed by atoms with Crippen LogP contribution >= 0.6 is 88.4 Å². The predicted octanol–water partition coefficient (Wildman–Crippen LogP) is 13.6. The fraction of sp³-hybridized carbons (Fsp3) is 0.0192. The summed E-state index contributed by atoms with van der Waals surface area (Å²) in [6.07, 6.45) is 0. The Bertz CT molecular complexity index is 2820. The number of carbonyl (C=O) groups is 3. The molecule has 0 saturated carbocycles. The number of hydrogen-bond acceptors (Lipinski definition) is 16. The predicted molar refractivity (Wildman–Crippen MR) is 309 cm³/mol. The average Bonchev–Trinajstić information content (AvgIpc) is 3.36. The van der Waals surface area contributed by atoms with E-state index in [9.17, 15) is 32.9 Å². The lowest BCUT2D eigenvalue weighted by Gasteiger charge is -1.95. The second-order valence-corrected chi connectivity index (χ2v) is 18.8. The molecule has 0 unspecified atom stereocenters. The Kier molecular flexibility index (Phi) is 31.7. The van der Waals surface area contributed by atoms with Crippen molar-refractivity contribution in [2.45, 2.75) is 46.1 Å². The molecule has 0 amide bonds. The lowest BCUT2D eigenvalue weighted by atomic mass is 10.2. The largest absolute Gasteiger partial charge is 0.508 e. The first-order valence-electron chi connectivity index (χ1n) is 20.5. The maximum atomic E-state index is 10.6. The van der Waals surface area contributed by atoms with E-state index in [1.165, 1.54) is 60.7 Å². The first kappa shape index (κ1) is 64.7. The van der Waals surface area contributed by atoms with Gasteiger partial charge in [0.25, 0.3) is 15.8 Å². The van der Waals surface area contributed by atoms with Gasteiger partial charge in [0.15, 0.2) is 5.78 Å². The maximum absolute atomic E-state index is 10.6. The van der Waals surface area contributed by atoms with Crippen molar-refractivity contribution in [2.24, 2.45) is 0 Å². The smallest absolute Gasteiger partial charge is 0.335 e. The molecular formula is C52H50N2O11S8. The van der Waals surface area contributed by atoms with Gasteiger partial charge in [0.2, 0.25) is 0 Å². The Balaban J connectivity index is 0.000000418. The Morgan fingerprint density at radius 3 is 1.04 bits per heavy atom. The number of carboxylic acid groups (broad SMARTS) is 2. The summed E-state index contributed by atoms with van der Waals surface area (Å²) in [7, 11) is -4.05. The number of nitro benzene ring substituents is 1. The number of thiol groups is 7. The molecule has 0 bridgehead atoms. The molecule has 382 valence electrons. The molecule has 0 aliphatic carbocycles. The zero-order valence-electron chi connectivity index (χ0n) is 38.3. The van der Waals surface area contributed by atoms with Crippen molar-refractivity contribution in [3.8, 4) is 5.75 Å². The van der Waals surface area contributed by atoms with Gasteiger partial charge in [0, 0.05) is 57.7 Å².